The molecular weight excluding hydrogens is 370 g/mol. The van der Waals surface area contributed by atoms with Crippen LogP contribution in [0.4, 0.5) is 0 Å². The maximum atomic E-state index is 12.2. The highest BCUT2D eigenvalue weighted by molar-refractivity contribution is 9.10. The lowest BCUT2D eigenvalue weighted by atomic mass is 10.1. The third-order valence-corrected chi connectivity index (χ3v) is 4.59. The lowest BCUT2D eigenvalue weighted by molar-refractivity contribution is -0.121. The van der Waals surface area contributed by atoms with Gasteiger partial charge in [0.1, 0.15) is 0 Å². The highest BCUT2D eigenvalue weighted by Gasteiger charge is 2.13. The molecule has 24 heavy (non-hydrogen) atoms. The molecule has 0 heterocycles. The van der Waals surface area contributed by atoms with Crippen LogP contribution in [0.3, 0.4) is 0 Å². The molecule has 0 fully saturated rings. The fourth-order valence-corrected chi connectivity index (χ4v) is 3.00. The molecule has 0 spiro atoms. The highest BCUT2D eigenvalue weighted by atomic mass is 79.9. The van der Waals surface area contributed by atoms with E-state index in [1.807, 2.05) is 49.4 Å². The molecule has 2 rings (SSSR count). The molecule has 0 bridgehead atoms. The Balaban J connectivity index is 1.96. The SMILES string of the molecule is COc1cc(Br)c(CCC(=O)NC(C)c2ccccc2)cc1OC. The highest BCUT2D eigenvalue weighted by Crippen LogP contribution is 2.33. The van der Waals surface area contributed by atoms with Crippen molar-refractivity contribution in [2.24, 2.45) is 0 Å². The largest absolute Gasteiger partial charge is 0.493 e. The fourth-order valence-electron chi connectivity index (χ4n) is 2.47. The van der Waals surface area contributed by atoms with Crippen LogP contribution in [-0.2, 0) is 11.2 Å². The number of ether oxygens (including phenoxy) is 2. The molecule has 0 aromatic heterocycles. The second-order valence-electron chi connectivity index (χ2n) is 5.50. The van der Waals surface area contributed by atoms with Gasteiger partial charge >= 0.3 is 0 Å². The number of aryl methyl sites for hydroxylation is 1. The summed E-state index contributed by atoms with van der Waals surface area (Å²) in [6, 6.07) is 13.7. The third-order valence-electron chi connectivity index (χ3n) is 3.85. The molecule has 1 atom stereocenters. The van der Waals surface area contributed by atoms with Gasteiger partial charge in [0.25, 0.3) is 0 Å². The summed E-state index contributed by atoms with van der Waals surface area (Å²) in [6.45, 7) is 1.99. The summed E-state index contributed by atoms with van der Waals surface area (Å²) in [5.74, 6) is 1.34. The van der Waals surface area contributed by atoms with Gasteiger partial charge < -0.3 is 14.8 Å². The molecular formula is C19H22BrNO3. The van der Waals surface area contributed by atoms with E-state index in [-0.39, 0.29) is 11.9 Å². The summed E-state index contributed by atoms with van der Waals surface area (Å²) in [5, 5.41) is 3.03. The van der Waals surface area contributed by atoms with Crippen LogP contribution in [0.15, 0.2) is 46.9 Å². The Morgan fingerprint density at radius 3 is 2.38 bits per heavy atom. The van der Waals surface area contributed by atoms with Gasteiger partial charge in [-0.3, -0.25) is 4.79 Å². The minimum absolute atomic E-state index is 0.00690. The van der Waals surface area contributed by atoms with E-state index < -0.39 is 0 Å². The Morgan fingerprint density at radius 1 is 1.12 bits per heavy atom. The fraction of sp³-hybridized carbons (Fsp3) is 0.316. The Kier molecular flexibility index (Phi) is 6.67. The van der Waals surface area contributed by atoms with Crippen molar-refractivity contribution < 1.29 is 14.3 Å². The van der Waals surface area contributed by atoms with Crippen LogP contribution in [-0.4, -0.2) is 20.1 Å². The van der Waals surface area contributed by atoms with Gasteiger partial charge in [-0.2, -0.15) is 0 Å². The van der Waals surface area contributed by atoms with Crippen molar-refractivity contribution in [2.75, 3.05) is 14.2 Å². The van der Waals surface area contributed by atoms with Gasteiger partial charge in [-0.1, -0.05) is 46.3 Å². The number of hydrogen-bond acceptors (Lipinski definition) is 3. The van der Waals surface area contributed by atoms with E-state index >= 15 is 0 Å². The smallest absolute Gasteiger partial charge is 0.220 e. The molecule has 4 nitrogen and oxygen atoms in total. The average molecular weight is 392 g/mol. The normalized spacial score (nSPS) is 11.7. The summed E-state index contributed by atoms with van der Waals surface area (Å²) >= 11 is 3.52. The van der Waals surface area contributed by atoms with Gasteiger partial charge in [-0.15, -0.1) is 0 Å². The minimum atomic E-state index is -0.00690. The van der Waals surface area contributed by atoms with Crippen molar-refractivity contribution in [1.29, 1.82) is 0 Å². The molecule has 5 heteroatoms. The third kappa shape index (κ3) is 4.74. The van der Waals surface area contributed by atoms with Crippen molar-refractivity contribution in [2.45, 2.75) is 25.8 Å². The maximum Gasteiger partial charge on any atom is 0.220 e. The van der Waals surface area contributed by atoms with Crippen molar-refractivity contribution in [1.82, 2.24) is 5.32 Å². The second kappa shape index (κ2) is 8.73. The Hall–Kier alpha value is -2.01. The van der Waals surface area contributed by atoms with Gasteiger partial charge in [0.15, 0.2) is 11.5 Å². The molecule has 0 saturated carbocycles. The van der Waals surface area contributed by atoms with Gasteiger partial charge in [-0.05, 0) is 36.6 Å². The van der Waals surface area contributed by atoms with Gasteiger partial charge in [0.05, 0.1) is 20.3 Å². The Bertz CT molecular complexity index is 689. The van der Waals surface area contributed by atoms with Crippen LogP contribution in [0.25, 0.3) is 0 Å². The molecule has 0 radical (unpaired) electrons. The standard InChI is InChI=1S/C19H22BrNO3/c1-13(14-7-5-4-6-8-14)21-19(22)10-9-15-11-17(23-2)18(24-3)12-16(15)20/h4-8,11-13H,9-10H2,1-3H3,(H,21,22). The van der Waals surface area contributed by atoms with E-state index in [1.54, 1.807) is 14.2 Å². The zero-order valence-corrected chi connectivity index (χ0v) is 15.7. The van der Waals surface area contributed by atoms with E-state index in [2.05, 4.69) is 21.2 Å². The summed E-state index contributed by atoms with van der Waals surface area (Å²) in [4.78, 5) is 12.2. The number of rotatable bonds is 7. The quantitative estimate of drug-likeness (QED) is 0.765. The van der Waals surface area contributed by atoms with Crippen molar-refractivity contribution in [3.8, 4) is 11.5 Å². The van der Waals surface area contributed by atoms with E-state index in [1.165, 1.54) is 0 Å². The van der Waals surface area contributed by atoms with Crippen molar-refractivity contribution >= 4 is 21.8 Å². The Morgan fingerprint density at radius 2 is 1.75 bits per heavy atom. The van der Waals surface area contributed by atoms with Gasteiger partial charge in [0, 0.05) is 10.9 Å². The lowest BCUT2D eigenvalue weighted by Crippen LogP contribution is -2.26. The van der Waals surface area contributed by atoms with Crippen molar-refractivity contribution in [3.63, 3.8) is 0 Å². The summed E-state index contributed by atoms with van der Waals surface area (Å²) in [5.41, 5.74) is 2.10. The van der Waals surface area contributed by atoms with Crippen LogP contribution in [0.2, 0.25) is 0 Å². The van der Waals surface area contributed by atoms with E-state index in [9.17, 15) is 4.79 Å². The molecule has 1 unspecified atom stereocenters. The van der Waals surface area contributed by atoms with Crippen molar-refractivity contribution in [3.05, 3.63) is 58.1 Å². The predicted octanol–water partition coefficient (Wildman–Crippen LogP) is 4.28. The summed E-state index contributed by atoms with van der Waals surface area (Å²) < 4.78 is 11.5. The number of methoxy groups -OCH3 is 2. The van der Waals surface area contributed by atoms with Crippen LogP contribution in [0, 0.1) is 0 Å². The molecule has 128 valence electrons. The van der Waals surface area contributed by atoms with Crippen LogP contribution in [0.1, 0.15) is 30.5 Å². The lowest BCUT2D eigenvalue weighted by Gasteiger charge is -2.15. The number of carbonyl (C=O) groups is 1. The molecule has 2 aromatic carbocycles. The molecule has 0 aliphatic carbocycles. The molecule has 0 saturated heterocycles. The first-order valence-corrected chi connectivity index (χ1v) is 8.59. The van der Waals surface area contributed by atoms with Crippen LogP contribution in [0.5, 0.6) is 11.5 Å². The average Bonchev–Trinajstić information content (AvgIpc) is 2.61. The van der Waals surface area contributed by atoms with E-state index in [0.717, 1.165) is 15.6 Å². The molecule has 2 aromatic rings. The molecule has 0 aliphatic heterocycles. The van der Waals surface area contributed by atoms with Crippen LogP contribution < -0.4 is 14.8 Å². The van der Waals surface area contributed by atoms with Gasteiger partial charge in [0.2, 0.25) is 5.91 Å². The molecule has 1 N–H and O–H groups in total. The second-order valence-corrected chi connectivity index (χ2v) is 6.35. The number of benzene rings is 2. The minimum Gasteiger partial charge on any atom is -0.493 e. The summed E-state index contributed by atoms with van der Waals surface area (Å²) in [7, 11) is 3.20. The first-order valence-electron chi connectivity index (χ1n) is 7.80. The number of amides is 1. The number of carbonyl (C=O) groups excluding carboxylic acids is 1. The zero-order chi connectivity index (χ0) is 17.5. The first kappa shape index (κ1) is 18.3. The maximum absolute atomic E-state index is 12.2. The predicted molar refractivity (Wildman–Crippen MR) is 98.6 cm³/mol. The summed E-state index contributed by atoms with van der Waals surface area (Å²) in [6.07, 6.45) is 1.03. The molecule has 0 aliphatic rings. The monoisotopic (exact) mass is 391 g/mol. The zero-order valence-electron chi connectivity index (χ0n) is 14.1. The van der Waals surface area contributed by atoms with E-state index in [4.69, 9.17) is 9.47 Å². The van der Waals surface area contributed by atoms with Crippen LogP contribution >= 0.6 is 15.9 Å². The number of nitrogens with one attached hydrogen (secondary N) is 1. The molecule has 1 amide bonds. The number of halogens is 1. The first-order chi connectivity index (χ1) is 11.5. The number of hydrogen-bond donors (Lipinski definition) is 1. The Labute approximate surface area is 151 Å². The van der Waals surface area contributed by atoms with E-state index in [0.29, 0.717) is 24.3 Å². The topological polar surface area (TPSA) is 47.6 Å². The van der Waals surface area contributed by atoms with Gasteiger partial charge in [-0.25, -0.2) is 0 Å².